The van der Waals surface area contributed by atoms with Crippen molar-refractivity contribution in [2.24, 2.45) is 0 Å². The fraction of sp³-hybridized carbons (Fsp3) is 0.300. The Labute approximate surface area is 169 Å². The van der Waals surface area contributed by atoms with Crippen molar-refractivity contribution in [3.63, 3.8) is 0 Å². The van der Waals surface area contributed by atoms with E-state index in [9.17, 15) is 4.79 Å². The number of carbonyl (C=O) groups excluding carboxylic acids is 1. The summed E-state index contributed by atoms with van der Waals surface area (Å²) in [6.45, 7) is 1.38. The average molecular weight is 405 g/mol. The van der Waals surface area contributed by atoms with Gasteiger partial charge < -0.3 is 20.1 Å². The molecule has 1 saturated heterocycles. The Hall–Kier alpha value is -2.15. The van der Waals surface area contributed by atoms with Crippen molar-refractivity contribution >= 4 is 40.5 Å². The predicted octanol–water partition coefficient (Wildman–Crippen LogP) is 3.95. The molecule has 2 N–H and O–H groups in total. The molecule has 7 heteroatoms. The molecule has 1 amide bonds. The third kappa shape index (κ3) is 6.50. The molecule has 2 aromatic carbocycles. The number of amides is 1. The van der Waals surface area contributed by atoms with Gasteiger partial charge in [-0.1, -0.05) is 23.7 Å². The van der Waals surface area contributed by atoms with Crippen molar-refractivity contribution in [2.75, 3.05) is 18.5 Å². The van der Waals surface area contributed by atoms with Crippen LogP contribution in [0.4, 0.5) is 5.69 Å². The minimum atomic E-state index is -0.189. The van der Waals surface area contributed by atoms with Gasteiger partial charge in [0.15, 0.2) is 5.11 Å². The number of anilines is 1. The molecule has 1 heterocycles. The molecule has 0 spiro atoms. The van der Waals surface area contributed by atoms with E-state index in [1.807, 2.05) is 36.4 Å². The second kappa shape index (κ2) is 9.69. The summed E-state index contributed by atoms with van der Waals surface area (Å²) >= 11 is 11.0. The Morgan fingerprint density at radius 3 is 2.59 bits per heavy atom. The van der Waals surface area contributed by atoms with E-state index in [2.05, 4.69) is 10.6 Å². The van der Waals surface area contributed by atoms with E-state index in [-0.39, 0.29) is 23.5 Å². The van der Waals surface area contributed by atoms with E-state index < -0.39 is 0 Å². The van der Waals surface area contributed by atoms with Crippen molar-refractivity contribution in [2.45, 2.75) is 25.4 Å². The Balaban J connectivity index is 1.42. The van der Waals surface area contributed by atoms with Crippen LogP contribution in [0.15, 0.2) is 48.5 Å². The largest absolute Gasteiger partial charge is 0.491 e. The SMILES string of the molecule is O=C(Cc1ccc(Cl)cc1)NC(=S)Nc1ccc(OCC2CCCO2)cc1. The molecule has 0 aliphatic carbocycles. The van der Waals surface area contributed by atoms with Gasteiger partial charge >= 0.3 is 0 Å². The number of carbonyl (C=O) groups is 1. The van der Waals surface area contributed by atoms with Crippen LogP contribution in [0, 0.1) is 0 Å². The summed E-state index contributed by atoms with van der Waals surface area (Å²) in [7, 11) is 0. The molecule has 1 fully saturated rings. The van der Waals surface area contributed by atoms with Gasteiger partial charge in [0.2, 0.25) is 5.91 Å². The van der Waals surface area contributed by atoms with E-state index in [4.69, 9.17) is 33.3 Å². The lowest BCUT2D eigenvalue weighted by molar-refractivity contribution is -0.119. The van der Waals surface area contributed by atoms with Crippen molar-refractivity contribution in [3.05, 3.63) is 59.1 Å². The van der Waals surface area contributed by atoms with Crippen molar-refractivity contribution in [1.29, 1.82) is 0 Å². The molecule has 0 radical (unpaired) electrons. The molecule has 3 rings (SSSR count). The maximum atomic E-state index is 12.1. The molecule has 27 heavy (non-hydrogen) atoms. The maximum Gasteiger partial charge on any atom is 0.230 e. The second-order valence-corrected chi connectivity index (χ2v) is 7.12. The predicted molar refractivity (Wildman–Crippen MR) is 110 cm³/mol. The van der Waals surface area contributed by atoms with Crippen LogP contribution >= 0.6 is 23.8 Å². The van der Waals surface area contributed by atoms with Crippen LogP contribution in [-0.2, 0) is 16.0 Å². The summed E-state index contributed by atoms with van der Waals surface area (Å²) in [5.74, 6) is 0.583. The molecule has 2 aromatic rings. The molecule has 1 aliphatic heterocycles. The fourth-order valence-electron chi connectivity index (χ4n) is 2.72. The molecule has 1 unspecified atom stereocenters. The lowest BCUT2D eigenvalue weighted by Crippen LogP contribution is -2.35. The Kier molecular flexibility index (Phi) is 7.04. The summed E-state index contributed by atoms with van der Waals surface area (Å²) in [5.41, 5.74) is 1.64. The Bertz CT molecular complexity index is 775. The standard InChI is InChI=1S/C20H21ClN2O3S/c21-15-5-3-14(4-6-15)12-19(24)23-20(27)22-16-7-9-17(10-8-16)26-13-18-2-1-11-25-18/h3-10,18H,1-2,11-13H2,(H2,22,23,24,27). The van der Waals surface area contributed by atoms with Crippen LogP contribution in [0.2, 0.25) is 5.02 Å². The molecule has 0 aromatic heterocycles. The number of nitrogens with one attached hydrogen (secondary N) is 2. The molecule has 1 atom stereocenters. The van der Waals surface area contributed by atoms with Crippen molar-refractivity contribution < 1.29 is 14.3 Å². The lowest BCUT2D eigenvalue weighted by atomic mass is 10.1. The number of ether oxygens (including phenoxy) is 2. The third-order valence-electron chi connectivity index (χ3n) is 4.10. The minimum Gasteiger partial charge on any atom is -0.491 e. The number of benzene rings is 2. The van der Waals surface area contributed by atoms with Gasteiger partial charge in [0.25, 0.3) is 0 Å². The van der Waals surface area contributed by atoms with Gasteiger partial charge in [-0.05, 0) is 67.0 Å². The zero-order valence-electron chi connectivity index (χ0n) is 14.7. The number of rotatable bonds is 6. The van der Waals surface area contributed by atoms with Crippen molar-refractivity contribution in [3.8, 4) is 5.75 Å². The van der Waals surface area contributed by atoms with Crippen LogP contribution in [0.3, 0.4) is 0 Å². The van der Waals surface area contributed by atoms with Crippen LogP contribution < -0.4 is 15.4 Å². The monoisotopic (exact) mass is 404 g/mol. The molecule has 142 valence electrons. The first-order valence-corrected chi connectivity index (χ1v) is 9.57. The zero-order chi connectivity index (χ0) is 19.1. The highest BCUT2D eigenvalue weighted by Crippen LogP contribution is 2.18. The van der Waals surface area contributed by atoms with E-state index in [1.165, 1.54) is 0 Å². The topological polar surface area (TPSA) is 59.6 Å². The summed E-state index contributed by atoms with van der Waals surface area (Å²) in [5, 5.41) is 6.55. The van der Waals surface area contributed by atoms with Gasteiger partial charge in [0.1, 0.15) is 12.4 Å². The maximum absolute atomic E-state index is 12.1. The summed E-state index contributed by atoms with van der Waals surface area (Å²) in [6, 6.07) is 14.5. The molecule has 0 saturated carbocycles. The van der Waals surface area contributed by atoms with E-state index in [0.717, 1.165) is 36.4 Å². The highest BCUT2D eigenvalue weighted by Gasteiger charge is 2.15. The Morgan fingerprint density at radius 2 is 1.93 bits per heavy atom. The van der Waals surface area contributed by atoms with Gasteiger partial charge in [0, 0.05) is 17.3 Å². The van der Waals surface area contributed by atoms with E-state index in [1.54, 1.807) is 12.1 Å². The first kappa shape index (κ1) is 19.6. The smallest absolute Gasteiger partial charge is 0.230 e. The first-order valence-electron chi connectivity index (χ1n) is 8.78. The van der Waals surface area contributed by atoms with Gasteiger partial charge in [-0.15, -0.1) is 0 Å². The highest BCUT2D eigenvalue weighted by atomic mass is 35.5. The Morgan fingerprint density at radius 1 is 1.19 bits per heavy atom. The fourth-order valence-corrected chi connectivity index (χ4v) is 3.08. The van der Waals surface area contributed by atoms with Crippen LogP contribution in [0.1, 0.15) is 18.4 Å². The molecule has 0 bridgehead atoms. The van der Waals surface area contributed by atoms with Gasteiger partial charge in [0.05, 0.1) is 12.5 Å². The third-order valence-corrected chi connectivity index (χ3v) is 4.56. The number of thiocarbonyl (C=S) groups is 1. The molecule has 5 nitrogen and oxygen atoms in total. The van der Waals surface area contributed by atoms with Gasteiger partial charge in [-0.25, -0.2) is 0 Å². The minimum absolute atomic E-state index is 0.186. The number of hydrogen-bond acceptors (Lipinski definition) is 4. The van der Waals surface area contributed by atoms with Crippen molar-refractivity contribution in [1.82, 2.24) is 5.32 Å². The zero-order valence-corrected chi connectivity index (χ0v) is 16.3. The molecular weight excluding hydrogens is 384 g/mol. The first-order chi connectivity index (χ1) is 13.1. The highest BCUT2D eigenvalue weighted by molar-refractivity contribution is 7.80. The quantitative estimate of drug-likeness (QED) is 0.714. The molecular formula is C20H21ClN2O3S. The number of hydrogen-bond donors (Lipinski definition) is 2. The van der Waals surface area contributed by atoms with Gasteiger partial charge in [-0.2, -0.15) is 0 Å². The van der Waals surface area contributed by atoms with E-state index >= 15 is 0 Å². The summed E-state index contributed by atoms with van der Waals surface area (Å²) < 4.78 is 11.3. The lowest BCUT2D eigenvalue weighted by Gasteiger charge is -2.13. The summed E-state index contributed by atoms with van der Waals surface area (Å²) in [6.07, 6.45) is 2.56. The molecule has 1 aliphatic rings. The van der Waals surface area contributed by atoms with Crippen LogP contribution in [-0.4, -0.2) is 30.3 Å². The van der Waals surface area contributed by atoms with Crippen LogP contribution in [0.25, 0.3) is 0 Å². The van der Waals surface area contributed by atoms with E-state index in [0.29, 0.717) is 11.6 Å². The normalized spacial score (nSPS) is 16.0. The number of halogens is 1. The second-order valence-electron chi connectivity index (χ2n) is 6.28. The van der Waals surface area contributed by atoms with Crippen LogP contribution in [0.5, 0.6) is 5.75 Å². The average Bonchev–Trinajstić information content (AvgIpc) is 3.16. The summed E-state index contributed by atoms with van der Waals surface area (Å²) in [4.78, 5) is 12.1. The van der Waals surface area contributed by atoms with Gasteiger partial charge in [-0.3, -0.25) is 4.79 Å².